The lowest BCUT2D eigenvalue weighted by molar-refractivity contribution is 0.978. The number of aromatic nitrogens is 1. The van der Waals surface area contributed by atoms with Crippen LogP contribution in [0.15, 0.2) is 30.9 Å². The van der Waals surface area contributed by atoms with Gasteiger partial charge in [-0.15, -0.1) is 6.58 Å². The Morgan fingerprint density at radius 1 is 1.58 bits per heavy atom. The fraction of sp³-hybridized carbons (Fsp3) is 0.300. The van der Waals surface area contributed by atoms with Crippen molar-refractivity contribution in [2.45, 2.75) is 19.9 Å². The fourth-order valence-corrected chi connectivity index (χ4v) is 0.916. The fourth-order valence-electron chi connectivity index (χ4n) is 0.916. The Morgan fingerprint density at radius 2 is 2.33 bits per heavy atom. The molecule has 0 amide bonds. The molecule has 1 N–H and O–H groups in total. The predicted octanol–water partition coefficient (Wildman–Crippen LogP) is 2.38. The minimum absolute atomic E-state index is 0.263. The molecule has 1 heterocycles. The van der Waals surface area contributed by atoms with E-state index in [-0.39, 0.29) is 6.04 Å². The van der Waals surface area contributed by atoms with E-state index in [1.165, 1.54) is 0 Å². The molecule has 0 aliphatic rings. The van der Waals surface area contributed by atoms with Gasteiger partial charge in [-0.25, -0.2) is 4.98 Å². The Kier molecular flexibility index (Phi) is 2.86. The molecule has 0 aromatic carbocycles. The van der Waals surface area contributed by atoms with Crippen molar-refractivity contribution >= 4 is 5.82 Å². The standard InChI is InChI=1S/C10H14N2/c1-4-8(2)11-10-7-5-6-9(3)12-10/h4-8H,1H2,2-3H3,(H,11,12). The number of nitrogens with one attached hydrogen (secondary N) is 1. The second-order valence-electron chi connectivity index (χ2n) is 2.83. The van der Waals surface area contributed by atoms with Crippen molar-refractivity contribution in [3.63, 3.8) is 0 Å². The van der Waals surface area contributed by atoms with E-state index in [9.17, 15) is 0 Å². The Balaban J connectivity index is 2.69. The van der Waals surface area contributed by atoms with Crippen LogP contribution in [0.3, 0.4) is 0 Å². The summed E-state index contributed by atoms with van der Waals surface area (Å²) < 4.78 is 0. The number of hydrogen-bond donors (Lipinski definition) is 1. The summed E-state index contributed by atoms with van der Waals surface area (Å²) in [5.74, 6) is 0.905. The molecule has 0 fully saturated rings. The molecule has 0 bridgehead atoms. The van der Waals surface area contributed by atoms with Crippen LogP contribution < -0.4 is 5.32 Å². The number of aryl methyl sites for hydroxylation is 1. The van der Waals surface area contributed by atoms with Gasteiger partial charge in [-0.1, -0.05) is 12.1 Å². The Hall–Kier alpha value is -1.31. The maximum atomic E-state index is 4.30. The van der Waals surface area contributed by atoms with Crippen molar-refractivity contribution in [1.29, 1.82) is 0 Å². The van der Waals surface area contributed by atoms with Crippen LogP contribution in [0.1, 0.15) is 12.6 Å². The summed E-state index contributed by atoms with van der Waals surface area (Å²) in [5.41, 5.74) is 1.02. The summed E-state index contributed by atoms with van der Waals surface area (Å²) in [5, 5.41) is 3.20. The second-order valence-corrected chi connectivity index (χ2v) is 2.83. The van der Waals surface area contributed by atoms with E-state index < -0.39 is 0 Å². The van der Waals surface area contributed by atoms with E-state index in [1.807, 2.05) is 38.1 Å². The van der Waals surface area contributed by atoms with E-state index in [1.54, 1.807) is 0 Å². The van der Waals surface area contributed by atoms with Crippen molar-refractivity contribution in [3.05, 3.63) is 36.5 Å². The minimum Gasteiger partial charge on any atom is -0.364 e. The lowest BCUT2D eigenvalue weighted by Gasteiger charge is -2.09. The monoisotopic (exact) mass is 162 g/mol. The molecule has 12 heavy (non-hydrogen) atoms. The topological polar surface area (TPSA) is 24.9 Å². The third-order valence-electron chi connectivity index (χ3n) is 1.62. The van der Waals surface area contributed by atoms with Crippen molar-refractivity contribution < 1.29 is 0 Å². The molecular weight excluding hydrogens is 148 g/mol. The summed E-state index contributed by atoms with van der Waals surface area (Å²) in [7, 11) is 0. The summed E-state index contributed by atoms with van der Waals surface area (Å²) >= 11 is 0. The number of nitrogens with zero attached hydrogens (tertiary/aromatic N) is 1. The van der Waals surface area contributed by atoms with Crippen LogP contribution in [0.2, 0.25) is 0 Å². The van der Waals surface area contributed by atoms with Crippen LogP contribution >= 0.6 is 0 Å². The van der Waals surface area contributed by atoms with Crippen LogP contribution in [0.25, 0.3) is 0 Å². The van der Waals surface area contributed by atoms with Gasteiger partial charge >= 0.3 is 0 Å². The van der Waals surface area contributed by atoms with Gasteiger partial charge in [0.1, 0.15) is 5.82 Å². The summed E-state index contributed by atoms with van der Waals surface area (Å²) in [6, 6.07) is 6.18. The first-order valence-electron chi connectivity index (χ1n) is 4.05. The minimum atomic E-state index is 0.263. The summed E-state index contributed by atoms with van der Waals surface area (Å²) in [6.45, 7) is 7.70. The van der Waals surface area contributed by atoms with Crippen molar-refractivity contribution in [3.8, 4) is 0 Å². The molecule has 1 aromatic heterocycles. The lowest BCUT2D eigenvalue weighted by Crippen LogP contribution is -2.12. The van der Waals surface area contributed by atoms with Crippen LogP contribution in [-0.4, -0.2) is 11.0 Å². The van der Waals surface area contributed by atoms with Gasteiger partial charge in [0.05, 0.1) is 0 Å². The number of anilines is 1. The highest BCUT2D eigenvalue weighted by Crippen LogP contribution is 2.05. The molecule has 0 aliphatic heterocycles. The molecule has 0 saturated carbocycles. The van der Waals surface area contributed by atoms with E-state index in [0.717, 1.165) is 11.5 Å². The molecular formula is C10H14N2. The zero-order chi connectivity index (χ0) is 8.97. The Morgan fingerprint density at radius 3 is 2.92 bits per heavy atom. The third kappa shape index (κ3) is 2.38. The van der Waals surface area contributed by atoms with Crippen LogP contribution in [-0.2, 0) is 0 Å². The van der Waals surface area contributed by atoms with Gasteiger partial charge in [0.2, 0.25) is 0 Å². The average molecular weight is 162 g/mol. The van der Waals surface area contributed by atoms with Gasteiger partial charge < -0.3 is 5.32 Å². The van der Waals surface area contributed by atoms with Crippen LogP contribution in [0.5, 0.6) is 0 Å². The number of rotatable bonds is 3. The molecule has 1 aromatic rings. The van der Waals surface area contributed by atoms with Crippen molar-refractivity contribution in [2.75, 3.05) is 5.32 Å². The molecule has 1 rings (SSSR count). The quantitative estimate of drug-likeness (QED) is 0.690. The first kappa shape index (κ1) is 8.78. The van der Waals surface area contributed by atoms with Gasteiger partial charge in [0, 0.05) is 11.7 Å². The Bertz CT molecular complexity index is 268. The third-order valence-corrected chi connectivity index (χ3v) is 1.62. The Labute approximate surface area is 73.3 Å². The largest absolute Gasteiger partial charge is 0.364 e. The number of hydrogen-bond acceptors (Lipinski definition) is 2. The molecule has 0 aliphatic carbocycles. The first-order chi connectivity index (χ1) is 5.72. The predicted molar refractivity (Wildman–Crippen MR) is 52.3 cm³/mol. The smallest absolute Gasteiger partial charge is 0.126 e. The maximum absolute atomic E-state index is 4.30. The highest BCUT2D eigenvalue weighted by atomic mass is 15.0. The SMILES string of the molecule is C=CC(C)Nc1cccc(C)n1. The highest BCUT2D eigenvalue weighted by molar-refractivity contribution is 5.36. The normalized spacial score (nSPS) is 12.2. The summed E-state index contributed by atoms with van der Waals surface area (Å²) in [4.78, 5) is 4.30. The summed E-state index contributed by atoms with van der Waals surface area (Å²) in [6.07, 6.45) is 1.85. The van der Waals surface area contributed by atoms with Crippen molar-refractivity contribution in [1.82, 2.24) is 4.98 Å². The zero-order valence-corrected chi connectivity index (χ0v) is 7.54. The highest BCUT2D eigenvalue weighted by Gasteiger charge is 1.96. The van der Waals surface area contributed by atoms with E-state index >= 15 is 0 Å². The molecule has 64 valence electrons. The van der Waals surface area contributed by atoms with Gasteiger partial charge in [0.15, 0.2) is 0 Å². The van der Waals surface area contributed by atoms with Gasteiger partial charge in [-0.2, -0.15) is 0 Å². The van der Waals surface area contributed by atoms with E-state index in [0.29, 0.717) is 0 Å². The molecule has 2 heteroatoms. The van der Waals surface area contributed by atoms with Gasteiger partial charge in [0.25, 0.3) is 0 Å². The van der Waals surface area contributed by atoms with Gasteiger partial charge in [-0.3, -0.25) is 0 Å². The molecule has 1 atom stereocenters. The first-order valence-corrected chi connectivity index (χ1v) is 4.05. The van der Waals surface area contributed by atoms with Gasteiger partial charge in [-0.05, 0) is 26.0 Å². The van der Waals surface area contributed by atoms with Crippen LogP contribution in [0, 0.1) is 6.92 Å². The molecule has 0 saturated heterocycles. The number of pyridine rings is 1. The molecule has 0 radical (unpaired) electrons. The van der Waals surface area contributed by atoms with Crippen molar-refractivity contribution in [2.24, 2.45) is 0 Å². The molecule has 1 unspecified atom stereocenters. The maximum Gasteiger partial charge on any atom is 0.126 e. The molecule has 2 nitrogen and oxygen atoms in total. The molecule has 0 spiro atoms. The lowest BCUT2D eigenvalue weighted by atomic mass is 10.3. The average Bonchev–Trinajstić information content (AvgIpc) is 2.04. The van der Waals surface area contributed by atoms with Crippen LogP contribution in [0.4, 0.5) is 5.82 Å². The second kappa shape index (κ2) is 3.90. The van der Waals surface area contributed by atoms with E-state index in [2.05, 4.69) is 16.9 Å². The zero-order valence-electron chi connectivity index (χ0n) is 7.54. The van der Waals surface area contributed by atoms with E-state index in [4.69, 9.17) is 0 Å².